The molecule has 0 amide bonds. The van der Waals surface area contributed by atoms with Crippen LogP contribution in [0.15, 0.2) is 12.1 Å². The van der Waals surface area contributed by atoms with E-state index < -0.39 is 0 Å². The summed E-state index contributed by atoms with van der Waals surface area (Å²) in [5.41, 5.74) is 0.877. The number of hydrogen-bond donors (Lipinski definition) is 2. The number of halogens is 1. The number of hydrogen-bond acceptors (Lipinski definition) is 5. The zero-order chi connectivity index (χ0) is 16.8. The van der Waals surface area contributed by atoms with E-state index in [0.29, 0.717) is 12.4 Å². The number of nitrogens with zero attached hydrogens (tertiary/aromatic N) is 2. The standard InChI is InChI=1S/C17H27ClN2O3/c1-3-5-19-6-8-20(9-7-19)15(12-21)13-10-14(18)17(22)16(11-13)23-4-2/h10-11,15,21-22H,3-9,12H2,1-2H3. The molecule has 1 aromatic carbocycles. The third kappa shape index (κ3) is 4.51. The molecule has 1 aliphatic rings. The minimum absolute atomic E-state index is 0.0143. The van der Waals surface area contributed by atoms with Crippen molar-refractivity contribution in [3.05, 3.63) is 22.7 Å². The second-order valence-electron chi connectivity index (χ2n) is 5.86. The summed E-state index contributed by atoms with van der Waals surface area (Å²) in [7, 11) is 0. The summed E-state index contributed by atoms with van der Waals surface area (Å²) in [6, 6.07) is 3.37. The molecule has 1 aliphatic heterocycles. The highest BCUT2D eigenvalue weighted by atomic mass is 35.5. The molecule has 1 heterocycles. The van der Waals surface area contributed by atoms with Crippen LogP contribution in [0.1, 0.15) is 31.9 Å². The van der Waals surface area contributed by atoms with E-state index in [0.717, 1.165) is 44.7 Å². The third-order valence-corrected chi connectivity index (χ3v) is 4.58. The largest absolute Gasteiger partial charge is 0.503 e. The van der Waals surface area contributed by atoms with Crippen molar-refractivity contribution in [2.75, 3.05) is 45.9 Å². The SMILES string of the molecule is CCCN1CCN(C(CO)c2cc(Cl)c(O)c(OCC)c2)CC1. The molecule has 23 heavy (non-hydrogen) atoms. The topological polar surface area (TPSA) is 56.2 Å². The minimum atomic E-state index is -0.129. The van der Waals surface area contributed by atoms with Crippen LogP contribution >= 0.6 is 11.6 Å². The van der Waals surface area contributed by atoms with E-state index in [2.05, 4.69) is 16.7 Å². The predicted molar refractivity (Wildman–Crippen MR) is 92.4 cm³/mol. The van der Waals surface area contributed by atoms with E-state index in [1.165, 1.54) is 0 Å². The summed E-state index contributed by atoms with van der Waals surface area (Å²) in [5, 5.41) is 20.1. The first-order valence-electron chi connectivity index (χ1n) is 8.33. The number of phenolic OH excluding ortho intramolecular Hbond substituents is 1. The molecule has 0 spiro atoms. The molecule has 0 aromatic heterocycles. The number of ether oxygens (including phenoxy) is 1. The van der Waals surface area contributed by atoms with E-state index in [9.17, 15) is 10.2 Å². The lowest BCUT2D eigenvalue weighted by molar-refractivity contribution is 0.0650. The zero-order valence-electron chi connectivity index (χ0n) is 14.0. The van der Waals surface area contributed by atoms with E-state index >= 15 is 0 Å². The van der Waals surface area contributed by atoms with Crippen molar-refractivity contribution in [1.82, 2.24) is 9.80 Å². The highest BCUT2D eigenvalue weighted by Crippen LogP contribution is 2.38. The van der Waals surface area contributed by atoms with Gasteiger partial charge in [0.05, 0.1) is 24.3 Å². The number of rotatable bonds is 7. The first-order chi connectivity index (χ1) is 11.1. The molecule has 0 aliphatic carbocycles. The van der Waals surface area contributed by atoms with Gasteiger partial charge in [0.25, 0.3) is 0 Å². The van der Waals surface area contributed by atoms with Gasteiger partial charge in [-0.15, -0.1) is 0 Å². The summed E-state index contributed by atoms with van der Waals surface area (Å²) in [6.45, 7) is 9.47. The Morgan fingerprint density at radius 1 is 1.22 bits per heavy atom. The molecule has 6 heteroatoms. The number of phenols is 1. The van der Waals surface area contributed by atoms with Crippen LogP contribution in [0.2, 0.25) is 5.02 Å². The van der Waals surface area contributed by atoms with Crippen molar-refractivity contribution in [3.63, 3.8) is 0 Å². The number of piperazine rings is 1. The van der Waals surface area contributed by atoms with Gasteiger partial charge in [-0.05, 0) is 37.6 Å². The second kappa shape index (κ2) is 8.73. The summed E-state index contributed by atoms with van der Waals surface area (Å²) in [6.07, 6.45) is 1.16. The van der Waals surface area contributed by atoms with Gasteiger partial charge in [-0.2, -0.15) is 0 Å². The molecule has 2 N–H and O–H groups in total. The highest BCUT2D eigenvalue weighted by molar-refractivity contribution is 6.32. The Hall–Kier alpha value is -1.01. The summed E-state index contributed by atoms with van der Waals surface area (Å²) >= 11 is 6.12. The summed E-state index contributed by atoms with van der Waals surface area (Å²) in [4.78, 5) is 4.71. The van der Waals surface area contributed by atoms with Gasteiger partial charge in [0, 0.05) is 26.2 Å². The number of aliphatic hydroxyl groups is 1. The average Bonchev–Trinajstić information content (AvgIpc) is 2.55. The lowest BCUT2D eigenvalue weighted by Crippen LogP contribution is -2.48. The molecule has 1 unspecified atom stereocenters. The van der Waals surface area contributed by atoms with Crippen molar-refractivity contribution < 1.29 is 14.9 Å². The van der Waals surface area contributed by atoms with E-state index in [1.54, 1.807) is 12.1 Å². The van der Waals surface area contributed by atoms with E-state index in [1.807, 2.05) is 6.92 Å². The highest BCUT2D eigenvalue weighted by Gasteiger charge is 2.25. The first-order valence-corrected chi connectivity index (χ1v) is 8.70. The van der Waals surface area contributed by atoms with E-state index in [4.69, 9.17) is 16.3 Å². The smallest absolute Gasteiger partial charge is 0.176 e. The Labute approximate surface area is 143 Å². The van der Waals surface area contributed by atoms with Gasteiger partial charge in [-0.25, -0.2) is 0 Å². The fraction of sp³-hybridized carbons (Fsp3) is 0.647. The Morgan fingerprint density at radius 2 is 1.91 bits per heavy atom. The molecular formula is C17H27ClN2O3. The van der Waals surface area contributed by atoms with Crippen LogP contribution < -0.4 is 4.74 Å². The van der Waals surface area contributed by atoms with Crippen molar-refractivity contribution in [2.24, 2.45) is 0 Å². The third-order valence-electron chi connectivity index (χ3n) is 4.30. The van der Waals surface area contributed by atoms with Crippen molar-refractivity contribution in [3.8, 4) is 11.5 Å². The molecule has 1 atom stereocenters. The second-order valence-corrected chi connectivity index (χ2v) is 6.27. The van der Waals surface area contributed by atoms with Gasteiger partial charge in [0.15, 0.2) is 11.5 Å². The Balaban J connectivity index is 2.15. The maximum atomic E-state index is 9.97. The predicted octanol–water partition coefficient (Wildman–Crippen LogP) is 2.51. The molecule has 1 aromatic rings. The van der Waals surface area contributed by atoms with Gasteiger partial charge in [-0.3, -0.25) is 4.90 Å². The minimum Gasteiger partial charge on any atom is -0.503 e. The van der Waals surface area contributed by atoms with Crippen molar-refractivity contribution in [2.45, 2.75) is 26.3 Å². The molecule has 0 saturated carbocycles. The molecule has 1 fully saturated rings. The number of benzene rings is 1. The van der Waals surface area contributed by atoms with E-state index in [-0.39, 0.29) is 23.4 Å². The first kappa shape index (κ1) is 18.3. The van der Waals surface area contributed by atoms with Crippen molar-refractivity contribution in [1.29, 1.82) is 0 Å². The lowest BCUT2D eigenvalue weighted by Gasteiger charge is -2.39. The fourth-order valence-corrected chi connectivity index (χ4v) is 3.32. The van der Waals surface area contributed by atoms with Gasteiger partial charge >= 0.3 is 0 Å². The van der Waals surface area contributed by atoms with Gasteiger partial charge in [-0.1, -0.05) is 18.5 Å². The molecular weight excluding hydrogens is 316 g/mol. The molecule has 1 saturated heterocycles. The Morgan fingerprint density at radius 3 is 2.48 bits per heavy atom. The van der Waals surface area contributed by atoms with Crippen LogP contribution in [0.25, 0.3) is 0 Å². The number of aliphatic hydroxyl groups excluding tert-OH is 1. The van der Waals surface area contributed by atoms with Gasteiger partial charge < -0.3 is 19.8 Å². The molecule has 5 nitrogen and oxygen atoms in total. The lowest BCUT2D eigenvalue weighted by atomic mass is 10.0. The van der Waals surface area contributed by atoms with Crippen molar-refractivity contribution >= 4 is 11.6 Å². The normalized spacial score (nSPS) is 18.1. The summed E-state index contributed by atoms with van der Waals surface area (Å²) in [5.74, 6) is 0.333. The van der Waals surface area contributed by atoms with Crippen LogP contribution in [0.5, 0.6) is 11.5 Å². The van der Waals surface area contributed by atoms with Crippen LogP contribution in [0.4, 0.5) is 0 Å². The Bertz CT molecular complexity index is 505. The quantitative estimate of drug-likeness (QED) is 0.797. The van der Waals surface area contributed by atoms with Crippen LogP contribution in [0, 0.1) is 0 Å². The monoisotopic (exact) mass is 342 g/mol. The van der Waals surface area contributed by atoms with Crippen LogP contribution in [-0.2, 0) is 0 Å². The fourth-order valence-electron chi connectivity index (χ4n) is 3.10. The maximum absolute atomic E-state index is 9.97. The van der Waals surface area contributed by atoms with Gasteiger partial charge in [0.2, 0.25) is 0 Å². The average molecular weight is 343 g/mol. The van der Waals surface area contributed by atoms with Crippen LogP contribution in [0.3, 0.4) is 0 Å². The molecule has 0 radical (unpaired) electrons. The molecule has 130 valence electrons. The zero-order valence-corrected chi connectivity index (χ0v) is 14.7. The molecule has 2 rings (SSSR count). The van der Waals surface area contributed by atoms with Crippen LogP contribution in [-0.4, -0.2) is 66.0 Å². The summed E-state index contributed by atoms with van der Waals surface area (Å²) < 4.78 is 5.45. The number of aromatic hydroxyl groups is 1. The molecule has 0 bridgehead atoms. The maximum Gasteiger partial charge on any atom is 0.176 e. The Kier molecular flexibility index (Phi) is 6.96. The van der Waals surface area contributed by atoms with Gasteiger partial charge in [0.1, 0.15) is 0 Å².